The number of rotatable bonds is 4. The molecule has 1 saturated carbocycles. The van der Waals surface area contributed by atoms with E-state index < -0.39 is 10.2 Å². The molecule has 0 aromatic heterocycles. The van der Waals surface area contributed by atoms with Crippen molar-refractivity contribution in [2.75, 3.05) is 20.1 Å². The van der Waals surface area contributed by atoms with Crippen LogP contribution >= 0.6 is 0 Å². The van der Waals surface area contributed by atoms with Gasteiger partial charge in [-0.15, -0.1) is 0 Å². The minimum absolute atomic E-state index is 0.202. The first-order chi connectivity index (χ1) is 6.62. The number of likely N-dealkylation sites (N-methyl/N-ethyl adjacent to an activating group) is 1. The van der Waals surface area contributed by atoms with Crippen LogP contribution in [0.1, 0.15) is 19.3 Å². The van der Waals surface area contributed by atoms with Crippen LogP contribution in [0.3, 0.4) is 0 Å². The summed E-state index contributed by atoms with van der Waals surface area (Å²) >= 11 is 0. The van der Waals surface area contributed by atoms with Crippen molar-refractivity contribution in [1.29, 1.82) is 0 Å². The zero-order valence-corrected chi connectivity index (χ0v) is 9.18. The number of nitrogens with zero attached hydrogens (tertiary/aromatic N) is 1. The van der Waals surface area contributed by atoms with Gasteiger partial charge in [-0.3, -0.25) is 0 Å². The van der Waals surface area contributed by atoms with Gasteiger partial charge >= 0.3 is 0 Å². The third-order valence-corrected chi connectivity index (χ3v) is 4.43. The van der Waals surface area contributed by atoms with E-state index in [4.69, 9.17) is 0 Å². The molecule has 2 fully saturated rings. The maximum Gasteiger partial charge on any atom is 0.279 e. The van der Waals surface area contributed by atoms with Gasteiger partial charge in [0.2, 0.25) is 0 Å². The molecule has 0 spiro atoms. The highest BCUT2D eigenvalue weighted by atomic mass is 32.2. The standard InChI is InChI=1S/C8H17N3O2S/c1-9-8-4-5-11(6-8)14(12,13)10-7-2-3-7/h7-10H,2-6H2,1H3. The maximum absolute atomic E-state index is 11.7. The van der Waals surface area contributed by atoms with Crippen molar-refractivity contribution in [1.82, 2.24) is 14.3 Å². The maximum atomic E-state index is 11.7. The largest absolute Gasteiger partial charge is 0.316 e. The Balaban J connectivity index is 1.93. The molecular formula is C8H17N3O2S. The summed E-state index contributed by atoms with van der Waals surface area (Å²) in [5.41, 5.74) is 0. The number of nitrogens with one attached hydrogen (secondary N) is 2. The topological polar surface area (TPSA) is 61.4 Å². The first-order valence-corrected chi connectivity index (χ1v) is 6.50. The predicted octanol–water partition coefficient (Wildman–Crippen LogP) is -0.723. The third kappa shape index (κ3) is 2.25. The van der Waals surface area contributed by atoms with Gasteiger partial charge in [0, 0.05) is 25.2 Å². The Morgan fingerprint density at radius 2 is 1.93 bits per heavy atom. The van der Waals surface area contributed by atoms with Gasteiger partial charge in [0.05, 0.1) is 0 Å². The summed E-state index contributed by atoms with van der Waals surface area (Å²) in [4.78, 5) is 0. The van der Waals surface area contributed by atoms with Gasteiger partial charge in [-0.25, -0.2) is 0 Å². The van der Waals surface area contributed by atoms with Crippen LogP contribution in [0.2, 0.25) is 0 Å². The summed E-state index contributed by atoms with van der Waals surface area (Å²) in [6.07, 6.45) is 2.88. The lowest BCUT2D eigenvalue weighted by Gasteiger charge is -2.16. The van der Waals surface area contributed by atoms with E-state index >= 15 is 0 Å². The van der Waals surface area contributed by atoms with Crippen molar-refractivity contribution in [2.45, 2.75) is 31.3 Å². The van der Waals surface area contributed by atoms with E-state index in [-0.39, 0.29) is 6.04 Å². The normalized spacial score (nSPS) is 29.6. The Labute approximate surface area is 85.0 Å². The molecule has 6 heteroatoms. The second-order valence-corrected chi connectivity index (χ2v) is 5.73. The molecule has 1 saturated heterocycles. The summed E-state index contributed by atoms with van der Waals surface area (Å²) in [7, 11) is -1.33. The van der Waals surface area contributed by atoms with Crippen LogP contribution in [-0.4, -0.2) is 44.9 Å². The van der Waals surface area contributed by atoms with Gasteiger partial charge in [-0.2, -0.15) is 17.4 Å². The minimum Gasteiger partial charge on any atom is -0.316 e. The number of hydrogen-bond donors (Lipinski definition) is 2. The Morgan fingerprint density at radius 3 is 2.43 bits per heavy atom. The van der Waals surface area contributed by atoms with E-state index in [1.54, 1.807) is 0 Å². The molecule has 2 rings (SSSR count). The Kier molecular flexibility index (Phi) is 2.79. The highest BCUT2D eigenvalue weighted by Gasteiger charge is 2.34. The summed E-state index contributed by atoms with van der Waals surface area (Å²) in [5, 5.41) is 3.10. The predicted molar refractivity (Wildman–Crippen MR) is 54.1 cm³/mol. The SMILES string of the molecule is CNC1CCN(S(=O)(=O)NC2CC2)C1. The van der Waals surface area contributed by atoms with Crippen LogP contribution < -0.4 is 10.0 Å². The zero-order valence-electron chi connectivity index (χ0n) is 8.36. The monoisotopic (exact) mass is 219 g/mol. The van der Waals surface area contributed by atoms with Crippen LogP contribution in [0.4, 0.5) is 0 Å². The molecule has 82 valence electrons. The van der Waals surface area contributed by atoms with E-state index in [0.717, 1.165) is 19.3 Å². The van der Waals surface area contributed by atoms with Crippen LogP contribution in [0, 0.1) is 0 Å². The molecule has 2 N–H and O–H groups in total. The quantitative estimate of drug-likeness (QED) is 0.656. The smallest absolute Gasteiger partial charge is 0.279 e. The van der Waals surface area contributed by atoms with Crippen LogP contribution in [-0.2, 0) is 10.2 Å². The van der Waals surface area contributed by atoms with Crippen molar-refractivity contribution in [3.05, 3.63) is 0 Å². The lowest BCUT2D eigenvalue weighted by atomic mass is 10.3. The van der Waals surface area contributed by atoms with Gasteiger partial charge in [0.25, 0.3) is 10.2 Å². The average molecular weight is 219 g/mol. The van der Waals surface area contributed by atoms with E-state index in [1.807, 2.05) is 7.05 Å². The minimum atomic E-state index is -3.20. The van der Waals surface area contributed by atoms with Gasteiger partial charge in [0.1, 0.15) is 0 Å². The van der Waals surface area contributed by atoms with Gasteiger partial charge < -0.3 is 5.32 Å². The van der Waals surface area contributed by atoms with E-state index in [2.05, 4.69) is 10.0 Å². The fourth-order valence-electron chi connectivity index (χ4n) is 1.67. The second-order valence-electron chi connectivity index (χ2n) is 4.03. The zero-order chi connectivity index (χ0) is 10.2. The molecule has 0 aromatic carbocycles. The highest BCUT2D eigenvalue weighted by Crippen LogP contribution is 2.22. The molecule has 0 amide bonds. The molecule has 1 heterocycles. The van der Waals surface area contributed by atoms with Gasteiger partial charge in [0.15, 0.2) is 0 Å². The van der Waals surface area contributed by atoms with Crippen LogP contribution in [0.25, 0.3) is 0 Å². The van der Waals surface area contributed by atoms with E-state index in [1.165, 1.54) is 4.31 Å². The Bertz CT molecular complexity index is 300. The summed E-state index contributed by atoms with van der Waals surface area (Å²) in [6.45, 7) is 1.23. The molecule has 1 aliphatic carbocycles. The van der Waals surface area contributed by atoms with Crippen molar-refractivity contribution in [3.63, 3.8) is 0 Å². The molecule has 0 radical (unpaired) electrons. The molecule has 5 nitrogen and oxygen atoms in total. The first kappa shape index (κ1) is 10.4. The molecular weight excluding hydrogens is 202 g/mol. The lowest BCUT2D eigenvalue weighted by molar-refractivity contribution is 0.453. The Morgan fingerprint density at radius 1 is 1.21 bits per heavy atom. The van der Waals surface area contributed by atoms with Gasteiger partial charge in [-0.1, -0.05) is 0 Å². The molecule has 2 aliphatic rings. The molecule has 0 aromatic rings. The van der Waals surface area contributed by atoms with Crippen molar-refractivity contribution in [3.8, 4) is 0 Å². The summed E-state index contributed by atoms with van der Waals surface area (Å²) in [6, 6.07) is 0.513. The summed E-state index contributed by atoms with van der Waals surface area (Å²) < 4.78 is 27.7. The van der Waals surface area contributed by atoms with Crippen molar-refractivity contribution < 1.29 is 8.42 Å². The van der Waals surface area contributed by atoms with Crippen molar-refractivity contribution in [2.24, 2.45) is 0 Å². The van der Waals surface area contributed by atoms with Crippen molar-refractivity contribution >= 4 is 10.2 Å². The number of hydrogen-bond acceptors (Lipinski definition) is 3. The van der Waals surface area contributed by atoms with E-state index in [9.17, 15) is 8.42 Å². The van der Waals surface area contributed by atoms with Crippen LogP contribution in [0.5, 0.6) is 0 Å². The second kappa shape index (κ2) is 3.77. The average Bonchev–Trinajstić information content (AvgIpc) is 2.81. The molecule has 1 unspecified atom stereocenters. The van der Waals surface area contributed by atoms with Gasteiger partial charge in [-0.05, 0) is 26.3 Å². The summed E-state index contributed by atoms with van der Waals surface area (Å²) in [5.74, 6) is 0. The lowest BCUT2D eigenvalue weighted by Crippen LogP contribution is -2.41. The fraction of sp³-hybridized carbons (Fsp3) is 1.00. The highest BCUT2D eigenvalue weighted by molar-refractivity contribution is 7.87. The molecule has 14 heavy (non-hydrogen) atoms. The molecule has 1 atom stereocenters. The van der Waals surface area contributed by atoms with Crippen LogP contribution in [0.15, 0.2) is 0 Å². The molecule has 0 bridgehead atoms. The van der Waals surface area contributed by atoms with E-state index in [0.29, 0.717) is 19.1 Å². The Hall–Kier alpha value is -0.170. The molecule has 1 aliphatic heterocycles. The first-order valence-electron chi connectivity index (χ1n) is 5.06. The fourth-order valence-corrected chi connectivity index (χ4v) is 3.20. The third-order valence-electron chi connectivity index (χ3n) is 2.79.